The molecule has 0 aliphatic heterocycles. The third kappa shape index (κ3) is 4.67. The van der Waals surface area contributed by atoms with Gasteiger partial charge in [-0.3, -0.25) is 0 Å². The highest BCUT2D eigenvalue weighted by molar-refractivity contribution is 7.99. The second-order valence-electron chi connectivity index (χ2n) is 3.54. The summed E-state index contributed by atoms with van der Waals surface area (Å²) in [5.41, 5.74) is 0. The van der Waals surface area contributed by atoms with E-state index in [1.807, 2.05) is 12.1 Å². The molecule has 0 amide bonds. The molecule has 0 bridgehead atoms. The third-order valence-electron chi connectivity index (χ3n) is 2.30. The van der Waals surface area contributed by atoms with Crippen LogP contribution >= 0.6 is 11.8 Å². The number of thioether (sulfide) groups is 1. The minimum atomic E-state index is -0.119. The van der Waals surface area contributed by atoms with E-state index in [0.29, 0.717) is 6.04 Å². The normalized spacial score (nSPS) is 12.7. The van der Waals surface area contributed by atoms with Crippen molar-refractivity contribution in [1.29, 1.82) is 0 Å². The SMILES string of the molecule is CCC(C)NCCSc1ccccc1F. The Morgan fingerprint density at radius 1 is 1.40 bits per heavy atom. The number of hydrogen-bond donors (Lipinski definition) is 1. The average molecular weight is 227 g/mol. The van der Waals surface area contributed by atoms with E-state index in [9.17, 15) is 4.39 Å². The molecular weight excluding hydrogens is 209 g/mol. The van der Waals surface area contributed by atoms with Gasteiger partial charge in [0.2, 0.25) is 0 Å². The first-order valence-corrected chi connectivity index (χ1v) is 6.33. The highest BCUT2D eigenvalue weighted by atomic mass is 32.2. The zero-order valence-electron chi connectivity index (χ0n) is 9.29. The summed E-state index contributed by atoms with van der Waals surface area (Å²) >= 11 is 1.56. The molecule has 1 rings (SSSR count). The molecule has 1 nitrogen and oxygen atoms in total. The van der Waals surface area contributed by atoms with Crippen molar-refractivity contribution in [2.75, 3.05) is 12.3 Å². The Kier molecular flexibility index (Phi) is 5.73. The maximum absolute atomic E-state index is 13.2. The van der Waals surface area contributed by atoms with Gasteiger partial charge in [0, 0.05) is 23.2 Å². The summed E-state index contributed by atoms with van der Waals surface area (Å²) in [4.78, 5) is 0.739. The van der Waals surface area contributed by atoms with Gasteiger partial charge in [-0.1, -0.05) is 19.1 Å². The Morgan fingerprint density at radius 3 is 2.80 bits per heavy atom. The van der Waals surface area contributed by atoms with Crippen LogP contribution in [0, 0.1) is 5.82 Å². The monoisotopic (exact) mass is 227 g/mol. The van der Waals surface area contributed by atoms with Crippen molar-refractivity contribution >= 4 is 11.8 Å². The van der Waals surface area contributed by atoms with Gasteiger partial charge in [0.15, 0.2) is 0 Å². The van der Waals surface area contributed by atoms with E-state index in [2.05, 4.69) is 19.2 Å². The first kappa shape index (κ1) is 12.5. The number of hydrogen-bond acceptors (Lipinski definition) is 2. The molecule has 1 N–H and O–H groups in total. The van der Waals surface area contributed by atoms with Gasteiger partial charge >= 0.3 is 0 Å². The number of rotatable bonds is 6. The lowest BCUT2D eigenvalue weighted by Gasteiger charge is -2.10. The molecule has 1 unspecified atom stereocenters. The van der Waals surface area contributed by atoms with Gasteiger partial charge in [0.05, 0.1) is 0 Å². The summed E-state index contributed by atoms with van der Waals surface area (Å²) in [7, 11) is 0. The van der Waals surface area contributed by atoms with Crippen molar-refractivity contribution in [1.82, 2.24) is 5.32 Å². The standard InChI is InChI=1S/C12H18FNS/c1-3-10(2)14-8-9-15-12-7-5-4-6-11(12)13/h4-7,10,14H,3,8-9H2,1-2H3. The van der Waals surface area contributed by atoms with Crippen LogP contribution in [0.2, 0.25) is 0 Å². The summed E-state index contributed by atoms with van der Waals surface area (Å²) in [6.07, 6.45) is 1.13. The zero-order chi connectivity index (χ0) is 11.1. The van der Waals surface area contributed by atoms with Gasteiger partial charge in [-0.25, -0.2) is 4.39 Å². The van der Waals surface area contributed by atoms with E-state index < -0.39 is 0 Å². The van der Waals surface area contributed by atoms with E-state index in [-0.39, 0.29) is 5.82 Å². The molecule has 1 aromatic carbocycles. The molecule has 0 aliphatic rings. The molecule has 84 valence electrons. The third-order valence-corrected chi connectivity index (χ3v) is 3.35. The van der Waals surface area contributed by atoms with Gasteiger partial charge in [0.1, 0.15) is 5.82 Å². The van der Waals surface area contributed by atoms with Crippen LogP contribution in [0.3, 0.4) is 0 Å². The lowest BCUT2D eigenvalue weighted by molar-refractivity contribution is 0.555. The molecule has 3 heteroatoms. The minimum Gasteiger partial charge on any atom is -0.313 e. The summed E-state index contributed by atoms with van der Waals surface area (Å²) in [5, 5.41) is 3.38. The van der Waals surface area contributed by atoms with E-state index in [1.54, 1.807) is 17.8 Å². The Bertz CT molecular complexity index is 291. The van der Waals surface area contributed by atoms with Crippen molar-refractivity contribution in [3.63, 3.8) is 0 Å². The summed E-state index contributed by atoms with van der Waals surface area (Å²) in [6, 6.07) is 7.46. The topological polar surface area (TPSA) is 12.0 Å². The molecule has 0 heterocycles. The number of nitrogens with one attached hydrogen (secondary N) is 1. The minimum absolute atomic E-state index is 0.119. The van der Waals surface area contributed by atoms with Crippen LogP contribution in [0.1, 0.15) is 20.3 Å². The lowest BCUT2D eigenvalue weighted by Crippen LogP contribution is -2.27. The van der Waals surface area contributed by atoms with Crippen molar-refractivity contribution in [3.05, 3.63) is 30.1 Å². The molecule has 0 aliphatic carbocycles. The smallest absolute Gasteiger partial charge is 0.136 e. The Morgan fingerprint density at radius 2 is 2.13 bits per heavy atom. The van der Waals surface area contributed by atoms with E-state index in [1.165, 1.54) is 6.07 Å². The highest BCUT2D eigenvalue weighted by Gasteiger charge is 2.01. The second-order valence-corrected chi connectivity index (χ2v) is 4.68. The fourth-order valence-corrected chi connectivity index (χ4v) is 1.99. The summed E-state index contributed by atoms with van der Waals surface area (Å²) in [6.45, 7) is 5.24. The molecule has 15 heavy (non-hydrogen) atoms. The van der Waals surface area contributed by atoms with Crippen molar-refractivity contribution in [3.8, 4) is 0 Å². The van der Waals surface area contributed by atoms with Gasteiger partial charge in [-0.15, -0.1) is 11.8 Å². The molecule has 0 spiro atoms. The molecule has 0 fully saturated rings. The Hall–Kier alpha value is -0.540. The van der Waals surface area contributed by atoms with Crippen LogP contribution in [0.5, 0.6) is 0 Å². The highest BCUT2D eigenvalue weighted by Crippen LogP contribution is 2.20. The van der Waals surface area contributed by atoms with E-state index in [4.69, 9.17) is 0 Å². The van der Waals surface area contributed by atoms with Gasteiger partial charge in [-0.2, -0.15) is 0 Å². The quantitative estimate of drug-likeness (QED) is 0.591. The Labute approximate surface area is 95.5 Å². The number of benzene rings is 1. The second kappa shape index (κ2) is 6.85. The lowest BCUT2D eigenvalue weighted by atomic mass is 10.3. The molecule has 0 saturated heterocycles. The number of halogens is 1. The maximum Gasteiger partial charge on any atom is 0.136 e. The summed E-state index contributed by atoms with van der Waals surface area (Å²) < 4.78 is 13.2. The molecule has 0 saturated carbocycles. The maximum atomic E-state index is 13.2. The first-order chi connectivity index (χ1) is 7.24. The predicted molar refractivity (Wildman–Crippen MR) is 64.9 cm³/mol. The molecule has 0 radical (unpaired) electrons. The fourth-order valence-electron chi connectivity index (χ4n) is 1.17. The van der Waals surface area contributed by atoms with Crippen LogP contribution in [0.4, 0.5) is 4.39 Å². The van der Waals surface area contributed by atoms with Crippen LogP contribution in [-0.2, 0) is 0 Å². The average Bonchev–Trinajstić information content (AvgIpc) is 2.26. The van der Waals surface area contributed by atoms with Crippen molar-refractivity contribution < 1.29 is 4.39 Å². The zero-order valence-corrected chi connectivity index (χ0v) is 10.1. The fraction of sp³-hybridized carbons (Fsp3) is 0.500. The van der Waals surface area contributed by atoms with Crippen molar-refractivity contribution in [2.24, 2.45) is 0 Å². The molecular formula is C12H18FNS. The van der Waals surface area contributed by atoms with Gasteiger partial charge in [0.25, 0.3) is 0 Å². The Balaban J connectivity index is 2.23. The van der Waals surface area contributed by atoms with Crippen molar-refractivity contribution in [2.45, 2.75) is 31.2 Å². The summed E-state index contributed by atoms with van der Waals surface area (Å²) in [5.74, 6) is 0.789. The first-order valence-electron chi connectivity index (χ1n) is 5.34. The van der Waals surface area contributed by atoms with Gasteiger partial charge in [-0.05, 0) is 25.5 Å². The molecule has 0 aromatic heterocycles. The predicted octanol–water partition coefficient (Wildman–Crippen LogP) is 3.31. The molecule has 1 atom stereocenters. The van der Waals surface area contributed by atoms with Gasteiger partial charge < -0.3 is 5.32 Å². The van der Waals surface area contributed by atoms with E-state index >= 15 is 0 Å². The van der Waals surface area contributed by atoms with Crippen LogP contribution in [0.15, 0.2) is 29.2 Å². The molecule has 1 aromatic rings. The van der Waals surface area contributed by atoms with Crippen LogP contribution in [0.25, 0.3) is 0 Å². The van der Waals surface area contributed by atoms with Crippen LogP contribution < -0.4 is 5.32 Å². The largest absolute Gasteiger partial charge is 0.313 e. The van der Waals surface area contributed by atoms with E-state index in [0.717, 1.165) is 23.6 Å². The van der Waals surface area contributed by atoms with Crippen LogP contribution in [-0.4, -0.2) is 18.3 Å².